The van der Waals surface area contributed by atoms with Crippen LogP contribution in [0.25, 0.3) is 0 Å². The molecule has 1 heterocycles. The van der Waals surface area contributed by atoms with Gasteiger partial charge in [0.1, 0.15) is 11.4 Å². The number of aromatic nitrogens is 1. The number of anilines is 1. The van der Waals surface area contributed by atoms with Gasteiger partial charge >= 0.3 is 0 Å². The van der Waals surface area contributed by atoms with Gasteiger partial charge in [-0.15, -0.1) is 23.7 Å². The molecule has 0 atom stereocenters. The fourth-order valence-electron chi connectivity index (χ4n) is 1.79. The summed E-state index contributed by atoms with van der Waals surface area (Å²) in [6.07, 6.45) is 0.687. The zero-order valence-electron chi connectivity index (χ0n) is 13.2. The van der Waals surface area contributed by atoms with E-state index < -0.39 is 0 Å². The first-order valence-corrected chi connectivity index (χ1v) is 8.15. The maximum absolute atomic E-state index is 12.3. The van der Waals surface area contributed by atoms with Crippen molar-refractivity contribution in [3.05, 3.63) is 40.3 Å². The van der Waals surface area contributed by atoms with Gasteiger partial charge in [-0.1, -0.05) is 26.0 Å². The van der Waals surface area contributed by atoms with Gasteiger partial charge in [0.05, 0.1) is 17.3 Å². The van der Waals surface area contributed by atoms with E-state index in [-0.39, 0.29) is 18.3 Å². The molecule has 0 aliphatic heterocycles. The maximum Gasteiger partial charge on any atom is 0.275 e. The molecule has 0 saturated heterocycles. The smallest absolute Gasteiger partial charge is 0.275 e. The number of hydrogen-bond acceptors (Lipinski definition) is 5. The standard InChI is InChI=1S/C16H21N3O2S.ClH/c1-11(2)9-21-14-6-4-3-5-12(14)19-16(20)13-10-22-15(18-13)7-8-17;/h3-6,10-11H,7-9,17H2,1-2H3,(H,19,20);1H. The molecule has 0 bridgehead atoms. The number of carbonyl (C=O) groups excluding carboxylic acids is 1. The maximum atomic E-state index is 12.3. The highest BCUT2D eigenvalue weighted by molar-refractivity contribution is 7.09. The number of halogens is 1. The number of amides is 1. The Morgan fingerprint density at radius 3 is 2.83 bits per heavy atom. The second-order valence-corrected chi connectivity index (χ2v) is 6.26. The molecule has 1 aromatic heterocycles. The summed E-state index contributed by atoms with van der Waals surface area (Å²) < 4.78 is 5.73. The van der Waals surface area contributed by atoms with Crippen LogP contribution in [0, 0.1) is 5.92 Å². The Morgan fingerprint density at radius 2 is 2.13 bits per heavy atom. The number of thiazole rings is 1. The number of ether oxygens (including phenoxy) is 1. The molecular formula is C16H22ClN3O2S. The highest BCUT2D eigenvalue weighted by atomic mass is 35.5. The Kier molecular flexibility index (Phi) is 8.02. The third-order valence-corrected chi connectivity index (χ3v) is 3.76. The minimum atomic E-state index is -0.236. The number of nitrogens with two attached hydrogens (primary N) is 1. The summed E-state index contributed by atoms with van der Waals surface area (Å²) in [5.74, 6) is 0.850. The van der Waals surface area contributed by atoms with Crippen molar-refractivity contribution in [2.75, 3.05) is 18.5 Å². The highest BCUT2D eigenvalue weighted by Gasteiger charge is 2.13. The van der Waals surface area contributed by atoms with Crippen molar-refractivity contribution in [3.63, 3.8) is 0 Å². The lowest BCUT2D eigenvalue weighted by molar-refractivity contribution is 0.102. The van der Waals surface area contributed by atoms with Crippen molar-refractivity contribution < 1.29 is 9.53 Å². The van der Waals surface area contributed by atoms with Crippen LogP contribution in [0.3, 0.4) is 0 Å². The van der Waals surface area contributed by atoms with Gasteiger partial charge in [-0.25, -0.2) is 4.98 Å². The second kappa shape index (κ2) is 9.50. The van der Waals surface area contributed by atoms with Crippen LogP contribution in [0.2, 0.25) is 0 Å². The summed E-state index contributed by atoms with van der Waals surface area (Å²) in [4.78, 5) is 16.6. The minimum absolute atomic E-state index is 0. The molecule has 0 unspecified atom stereocenters. The molecule has 2 rings (SSSR count). The third kappa shape index (κ3) is 5.82. The Labute approximate surface area is 146 Å². The summed E-state index contributed by atoms with van der Waals surface area (Å²) in [6, 6.07) is 7.41. The molecule has 1 aromatic carbocycles. The predicted molar refractivity (Wildman–Crippen MR) is 96.8 cm³/mol. The zero-order chi connectivity index (χ0) is 15.9. The van der Waals surface area contributed by atoms with E-state index in [2.05, 4.69) is 24.1 Å². The molecule has 0 fully saturated rings. The van der Waals surface area contributed by atoms with Crippen LogP contribution in [0.15, 0.2) is 29.6 Å². The van der Waals surface area contributed by atoms with Crippen molar-refractivity contribution in [2.45, 2.75) is 20.3 Å². The van der Waals surface area contributed by atoms with Gasteiger partial charge in [0.25, 0.3) is 5.91 Å². The summed E-state index contributed by atoms with van der Waals surface area (Å²) >= 11 is 1.45. The average molecular weight is 356 g/mol. The fraction of sp³-hybridized carbons (Fsp3) is 0.375. The van der Waals surface area contributed by atoms with Gasteiger partial charge in [0, 0.05) is 11.8 Å². The molecule has 3 N–H and O–H groups in total. The molecule has 2 aromatic rings. The van der Waals surface area contributed by atoms with Crippen molar-refractivity contribution in [3.8, 4) is 5.75 Å². The highest BCUT2D eigenvalue weighted by Crippen LogP contribution is 2.25. The molecule has 0 radical (unpaired) electrons. The molecule has 0 aliphatic rings. The number of nitrogens with one attached hydrogen (secondary N) is 1. The first-order chi connectivity index (χ1) is 10.6. The monoisotopic (exact) mass is 355 g/mol. The van der Waals surface area contributed by atoms with Crippen LogP contribution in [0.5, 0.6) is 5.75 Å². The number of benzene rings is 1. The van der Waals surface area contributed by atoms with Crippen molar-refractivity contribution in [1.82, 2.24) is 4.98 Å². The first kappa shape index (κ1) is 19.4. The van der Waals surface area contributed by atoms with Gasteiger partial charge in [0.2, 0.25) is 0 Å². The lowest BCUT2D eigenvalue weighted by Crippen LogP contribution is -2.14. The van der Waals surface area contributed by atoms with E-state index in [4.69, 9.17) is 10.5 Å². The van der Waals surface area contributed by atoms with Crippen LogP contribution in [0.1, 0.15) is 29.3 Å². The van der Waals surface area contributed by atoms with Crippen molar-refractivity contribution in [2.24, 2.45) is 11.7 Å². The number of hydrogen-bond donors (Lipinski definition) is 2. The Bertz CT molecular complexity index is 631. The van der Waals surface area contributed by atoms with E-state index in [0.717, 1.165) is 5.01 Å². The van der Waals surface area contributed by atoms with Crippen LogP contribution in [0.4, 0.5) is 5.69 Å². The largest absolute Gasteiger partial charge is 0.491 e. The molecule has 126 valence electrons. The van der Waals surface area contributed by atoms with Gasteiger partial charge in [-0.05, 0) is 24.6 Å². The van der Waals surface area contributed by atoms with Crippen molar-refractivity contribution in [1.29, 1.82) is 0 Å². The predicted octanol–water partition coefficient (Wildman–Crippen LogP) is 3.35. The first-order valence-electron chi connectivity index (χ1n) is 7.27. The SMILES string of the molecule is CC(C)COc1ccccc1NC(=O)c1csc(CCN)n1.Cl. The number of para-hydroxylation sites is 2. The Balaban J connectivity index is 0.00000264. The summed E-state index contributed by atoms with van der Waals surface area (Å²) in [6.45, 7) is 5.29. The lowest BCUT2D eigenvalue weighted by atomic mass is 10.2. The van der Waals surface area contributed by atoms with E-state index in [0.29, 0.717) is 42.6 Å². The normalized spacial score (nSPS) is 10.3. The minimum Gasteiger partial charge on any atom is -0.491 e. The fourth-order valence-corrected chi connectivity index (χ4v) is 2.59. The summed E-state index contributed by atoms with van der Waals surface area (Å²) in [5.41, 5.74) is 6.56. The van der Waals surface area contributed by atoms with Gasteiger partial charge in [0.15, 0.2) is 0 Å². The molecule has 7 heteroatoms. The Morgan fingerprint density at radius 1 is 1.39 bits per heavy atom. The summed E-state index contributed by atoms with van der Waals surface area (Å²) in [5, 5.41) is 5.48. The van der Waals surface area contributed by atoms with Crippen LogP contribution >= 0.6 is 23.7 Å². The molecular weight excluding hydrogens is 334 g/mol. The summed E-state index contributed by atoms with van der Waals surface area (Å²) in [7, 11) is 0. The third-order valence-electron chi connectivity index (χ3n) is 2.85. The van der Waals surface area contributed by atoms with E-state index >= 15 is 0 Å². The molecule has 1 amide bonds. The molecule has 0 saturated carbocycles. The van der Waals surface area contributed by atoms with Crippen LogP contribution in [-0.2, 0) is 6.42 Å². The number of carbonyl (C=O) groups is 1. The quantitative estimate of drug-likeness (QED) is 0.798. The van der Waals surface area contributed by atoms with E-state index in [1.807, 2.05) is 24.3 Å². The van der Waals surface area contributed by atoms with Gasteiger partial charge in [-0.3, -0.25) is 4.79 Å². The van der Waals surface area contributed by atoms with E-state index in [9.17, 15) is 4.79 Å². The van der Waals surface area contributed by atoms with Crippen LogP contribution in [-0.4, -0.2) is 24.0 Å². The molecule has 0 aliphatic carbocycles. The van der Waals surface area contributed by atoms with E-state index in [1.54, 1.807) is 5.38 Å². The van der Waals surface area contributed by atoms with E-state index in [1.165, 1.54) is 11.3 Å². The topological polar surface area (TPSA) is 77.2 Å². The lowest BCUT2D eigenvalue weighted by Gasteiger charge is -2.13. The van der Waals surface area contributed by atoms with Gasteiger partial charge in [-0.2, -0.15) is 0 Å². The zero-order valence-corrected chi connectivity index (χ0v) is 14.9. The van der Waals surface area contributed by atoms with Gasteiger partial charge < -0.3 is 15.8 Å². The number of rotatable bonds is 7. The number of nitrogens with zero attached hydrogens (tertiary/aromatic N) is 1. The van der Waals surface area contributed by atoms with Crippen molar-refractivity contribution >= 4 is 35.3 Å². The second-order valence-electron chi connectivity index (χ2n) is 5.32. The Hall–Kier alpha value is -1.63. The average Bonchev–Trinajstić information content (AvgIpc) is 2.95. The molecule has 23 heavy (non-hydrogen) atoms. The molecule has 5 nitrogen and oxygen atoms in total. The molecule has 0 spiro atoms. The van der Waals surface area contributed by atoms with Crippen LogP contribution < -0.4 is 15.8 Å².